The van der Waals surface area contributed by atoms with Crippen LogP contribution in [0, 0.1) is 13.8 Å². The van der Waals surface area contributed by atoms with E-state index >= 15 is 0 Å². The van der Waals surface area contributed by atoms with Crippen molar-refractivity contribution in [1.29, 1.82) is 0 Å². The van der Waals surface area contributed by atoms with E-state index < -0.39 is 17.8 Å². The Labute approximate surface area is 152 Å². The van der Waals surface area contributed by atoms with E-state index in [1.807, 2.05) is 32.0 Å². The third kappa shape index (κ3) is 5.17. The van der Waals surface area contributed by atoms with Crippen LogP contribution >= 0.6 is 0 Å². The van der Waals surface area contributed by atoms with Gasteiger partial charge in [0.05, 0.1) is 17.9 Å². The SMILES string of the molecule is CCOC(=O)c1ccccc1NC(=O)CC(=O)Nc1cc(C)ccc1C. The zero-order valence-corrected chi connectivity index (χ0v) is 15.1. The van der Waals surface area contributed by atoms with Crippen LogP contribution in [0.5, 0.6) is 0 Å². The van der Waals surface area contributed by atoms with Crippen molar-refractivity contribution in [3.05, 3.63) is 59.2 Å². The van der Waals surface area contributed by atoms with Crippen molar-refractivity contribution in [2.24, 2.45) is 0 Å². The molecular weight excluding hydrogens is 332 g/mol. The average Bonchev–Trinajstić information content (AvgIpc) is 2.58. The second-order valence-corrected chi connectivity index (χ2v) is 5.86. The van der Waals surface area contributed by atoms with Gasteiger partial charge in [0.2, 0.25) is 11.8 Å². The number of nitrogens with one attached hydrogen (secondary N) is 2. The third-order valence-corrected chi connectivity index (χ3v) is 3.68. The molecule has 0 saturated carbocycles. The van der Waals surface area contributed by atoms with Crippen LogP contribution in [-0.2, 0) is 14.3 Å². The van der Waals surface area contributed by atoms with Crippen molar-refractivity contribution in [3.8, 4) is 0 Å². The fourth-order valence-electron chi connectivity index (χ4n) is 2.38. The van der Waals surface area contributed by atoms with Gasteiger partial charge in [-0.25, -0.2) is 4.79 Å². The van der Waals surface area contributed by atoms with E-state index in [1.165, 1.54) is 0 Å². The van der Waals surface area contributed by atoms with E-state index in [0.717, 1.165) is 11.1 Å². The highest BCUT2D eigenvalue weighted by atomic mass is 16.5. The number of aryl methyl sites for hydroxylation is 2. The zero-order chi connectivity index (χ0) is 19.1. The highest BCUT2D eigenvalue weighted by molar-refractivity contribution is 6.10. The molecule has 0 heterocycles. The van der Waals surface area contributed by atoms with Crippen LogP contribution in [0.4, 0.5) is 11.4 Å². The number of benzene rings is 2. The Kier molecular flexibility index (Phi) is 6.49. The summed E-state index contributed by atoms with van der Waals surface area (Å²) in [4.78, 5) is 36.2. The van der Waals surface area contributed by atoms with Gasteiger partial charge in [0.25, 0.3) is 0 Å². The minimum absolute atomic E-state index is 0.235. The summed E-state index contributed by atoms with van der Waals surface area (Å²) in [5.74, 6) is -1.46. The van der Waals surface area contributed by atoms with Crippen LogP contribution in [0.1, 0.15) is 34.8 Å². The Hall–Kier alpha value is -3.15. The molecule has 0 aromatic heterocycles. The molecule has 0 spiro atoms. The first kappa shape index (κ1) is 19.2. The lowest BCUT2D eigenvalue weighted by Gasteiger charge is -2.11. The molecule has 0 atom stereocenters. The molecule has 0 aliphatic rings. The largest absolute Gasteiger partial charge is 0.462 e. The molecule has 0 saturated heterocycles. The van der Waals surface area contributed by atoms with Gasteiger partial charge in [-0.05, 0) is 50.1 Å². The Bertz CT molecular complexity index is 830. The number of hydrogen-bond acceptors (Lipinski definition) is 4. The maximum Gasteiger partial charge on any atom is 0.340 e. The number of carbonyl (C=O) groups is 3. The quantitative estimate of drug-likeness (QED) is 0.615. The normalized spacial score (nSPS) is 10.1. The highest BCUT2D eigenvalue weighted by Gasteiger charge is 2.16. The number of esters is 1. The second kappa shape index (κ2) is 8.80. The van der Waals surface area contributed by atoms with Crippen LogP contribution in [-0.4, -0.2) is 24.4 Å². The summed E-state index contributed by atoms with van der Waals surface area (Å²) in [6, 6.07) is 12.2. The maximum atomic E-state index is 12.2. The minimum atomic E-state index is -0.525. The summed E-state index contributed by atoms with van der Waals surface area (Å²) in [6.45, 7) is 5.74. The molecule has 2 N–H and O–H groups in total. The van der Waals surface area contributed by atoms with Gasteiger partial charge in [0.15, 0.2) is 0 Å². The zero-order valence-electron chi connectivity index (χ0n) is 15.1. The first-order valence-corrected chi connectivity index (χ1v) is 8.33. The van der Waals surface area contributed by atoms with Gasteiger partial charge in [-0.2, -0.15) is 0 Å². The molecule has 136 valence electrons. The molecular formula is C20H22N2O4. The highest BCUT2D eigenvalue weighted by Crippen LogP contribution is 2.18. The summed E-state index contributed by atoms with van der Waals surface area (Å²) >= 11 is 0. The van der Waals surface area contributed by atoms with Gasteiger partial charge in [-0.15, -0.1) is 0 Å². The molecule has 2 aromatic rings. The number of ether oxygens (including phenoxy) is 1. The predicted octanol–water partition coefficient (Wildman–Crippen LogP) is 3.45. The first-order chi connectivity index (χ1) is 12.4. The van der Waals surface area contributed by atoms with Crippen LogP contribution in [0.25, 0.3) is 0 Å². The fourth-order valence-corrected chi connectivity index (χ4v) is 2.38. The van der Waals surface area contributed by atoms with Gasteiger partial charge >= 0.3 is 5.97 Å². The standard InChI is InChI=1S/C20H22N2O4/c1-4-26-20(25)15-7-5-6-8-16(15)21-18(23)12-19(24)22-17-11-13(2)9-10-14(17)3/h5-11H,4,12H2,1-3H3,(H,21,23)(H,22,24). The van der Waals surface area contributed by atoms with E-state index in [4.69, 9.17) is 4.74 Å². The van der Waals surface area contributed by atoms with Crippen molar-refractivity contribution in [1.82, 2.24) is 0 Å². The van der Waals surface area contributed by atoms with E-state index in [1.54, 1.807) is 31.2 Å². The Balaban J connectivity index is 2.02. The number of amides is 2. The molecule has 2 amide bonds. The molecule has 0 unspecified atom stereocenters. The number of rotatable bonds is 6. The number of hydrogen-bond donors (Lipinski definition) is 2. The molecule has 0 aliphatic carbocycles. The third-order valence-electron chi connectivity index (χ3n) is 3.68. The molecule has 0 radical (unpaired) electrons. The van der Waals surface area contributed by atoms with Crippen molar-refractivity contribution in [3.63, 3.8) is 0 Å². The van der Waals surface area contributed by atoms with Crippen LogP contribution < -0.4 is 10.6 Å². The summed E-state index contributed by atoms with van der Waals surface area (Å²) in [5, 5.41) is 5.33. The molecule has 2 rings (SSSR count). The minimum Gasteiger partial charge on any atom is -0.462 e. The molecule has 0 aliphatic heterocycles. The maximum absolute atomic E-state index is 12.2. The molecule has 6 heteroatoms. The molecule has 0 fully saturated rings. The monoisotopic (exact) mass is 354 g/mol. The molecule has 6 nitrogen and oxygen atoms in total. The van der Waals surface area contributed by atoms with E-state index in [9.17, 15) is 14.4 Å². The number of para-hydroxylation sites is 1. The van der Waals surface area contributed by atoms with Crippen molar-refractivity contribution < 1.29 is 19.1 Å². The Morgan fingerprint density at radius 1 is 0.923 bits per heavy atom. The topological polar surface area (TPSA) is 84.5 Å². The van der Waals surface area contributed by atoms with Crippen LogP contribution in [0.2, 0.25) is 0 Å². The van der Waals surface area contributed by atoms with Crippen molar-refractivity contribution in [2.75, 3.05) is 17.2 Å². The van der Waals surface area contributed by atoms with Crippen molar-refractivity contribution >= 4 is 29.2 Å². The van der Waals surface area contributed by atoms with E-state index in [2.05, 4.69) is 10.6 Å². The molecule has 0 bridgehead atoms. The fraction of sp³-hybridized carbons (Fsp3) is 0.250. The van der Waals surface area contributed by atoms with Gasteiger partial charge in [0, 0.05) is 5.69 Å². The second-order valence-electron chi connectivity index (χ2n) is 5.86. The average molecular weight is 354 g/mol. The van der Waals surface area contributed by atoms with Gasteiger partial charge in [-0.1, -0.05) is 24.3 Å². The Morgan fingerprint density at radius 3 is 2.27 bits per heavy atom. The predicted molar refractivity (Wildman–Crippen MR) is 100 cm³/mol. The summed E-state index contributed by atoms with van der Waals surface area (Å²) in [7, 11) is 0. The van der Waals surface area contributed by atoms with Crippen LogP contribution in [0.15, 0.2) is 42.5 Å². The lowest BCUT2D eigenvalue weighted by Crippen LogP contribution is -2.23. The Morgan fingerprint density at radius 2 is 1.58 bits per heavy atom. The van der Waals surface area contributed by atoms with E-state index in [0.29, 0.717) is 11.4 Å². The molecule has 26 heavy (non-hydrogen) atoms. The summed E-state index contributed by atoms with van der Waals surface area (Å²) in [6.07, 6.45) is -0.357. The first-order valence-electron chi connectivity index (χ1n) is 8.33. The summed E-state index contributed by atoms with van der Waals surface area (Å²) in [5.41, 5.74) is 3.17. The van der Waals surface area contributed by atoms with Crippen molar-refractivity contribution in [2.45, 2.75) is 27.2 Å². The molecule has 2 aromatic carbocycles. The lowest BCUT2D eigenvalue weighted by atomic mass is 10.1. The van der Waals surface area contributed by atoms with Gasteiger partial charge in [-0.3, -0.25) is 9.59 Å². The van der Waals surface area contributed by atoms with Gasteiger partial charge in [0.1, 0.15) is 6.42 Å². The lowest BCUT2D eigenvalue weighted by molar-refractivity contribution is -0.123. The number of carbonyl (C=O) groups excluding carboxylic acids is 3. The number of anilines is 2. The van der Waals surface area contributed by atoms with Gasteiger partial charge < -0.3 is 15.4 Å². The summed E-state index contributed by atoms with van der Waals surface area (Å²) < 4.78 is 4.97. The smallest absolute Gasteiger partial charge is 0.340 e. The van der Waals surface area contributed by atoms with Crippen LogP contribution in [0.3, 0.4) is 0 Å². The van der Waals surface area contributed by atoms with E-state index in [-0.39, 0.29) is 18.6 Å².